The molecule has 1 aliphatic heterocycles. The van der Waals surface area contributed by atoms with Crippen LogP contribution >= 0.6 is 0 Å². The molecule has 0 spiro atoms. The van der Waals surface area contributed by atoms with Gasteiger partial charge in [-0.3, -0.25) is 14.5 Å². The first-order valence-electron chi connectivity index (χ1n) is 12.9. The molecular weight excluding hydrogens is 468 g/mol. The van der Waals surface area contributed by atoms with Gasteiger partial charge in [0, 0.05) is 11.1 Å². The summed E-state index contributed by atoms with van der Waals surface area (Å²) in [4.78, 5) is 30.0. The third-order valence-corrected chi connectivity index (χ3v) is 7.13. The lowest BCUT2D eigenvalue weighted by Gasteiger charge is -2.34. The zero-order chi connectivity index (χ0) is 27.4. The summed E-state index contributed by atoms with van der Waals surface area (Å²) in [7, 11) is 0. The molecule has 0 bridgehead atoms. The topological polar surface area (TPSA) is 131 Å². The molecule has 2 aromatic carbocycles. The lowest BCUT2D eigenvalue weighted by molar-refractivity contribution is -0.129. The summed E-state index contributed by atoms with van der Waals surface area (Å²) in [6.07, 6.45) is 3.47. The number of amides is 2. The summed E-state index contributed by atoms with van der Waals surface area (Å²) in [6, 6.07) is 13.2. The van der Waals surface area contributed by atoms with Gasteiger partial charge < -0.3 is 21.3 Å². The Labute approximate surface area is 219 Å². The van der Waals surface area contributed by atoms with Gasteiger partial charge >= 0.3 is 0 Å². The fourth-order valence-electron chi connectivity index (χ4n) is 4.49. The summed E-state index contributed by atoms with van der Waals surface area (Å²) in [5.41, 5.74) is 14.3. The van der Waals surface area contributed by atoms with Gasteiger partial charge in [0.2, 0.25) is 11.8 Å². The molecule has 0 saturated heterocycles. The number of guanidine groups is 1. The van der Waals surface area contributed by atoms with Gasteiger partial charge in [-0.2, -0.15) is 0 Å². The molecule has 200 valence electrons. The number of nitrogens with two attached hydrogens (primary N) is 2. The first-order valence-corrected chi connectivity index (χ1v) is 12.9. The quantitative estimate of drug-likeness (QED) is 0.525. The average Bonchev–Trinajstić information content (AvgIpc) is 3.22. The van der Waals surface area contributed by atoms with Crippen molar-refractivity contribution >= 4 is 17.8 Å². The third kappa shape index (κ3) is 7.10. The summed E-state index contributed by atoms with van der Waals surface area (Å²) in [5.74, 6) is 0.123. The second kappa shape index (κ2) is 11.3. The summed E-state index contributed by atoms with van der Waals surface area (Å²) in [5, 5.41) is 9.25. The van der Waals surface area contributed by atoms with E-state index in [9.17, 15) is 14.7 Å². The van der Waals surface area contributed by atoms with Gasteiger partial charge in [0.25, 0.3) is 0 Å². The molecule has 2 aliphatic rings. The van der Waals surface area contributed by atoms with E-state index < -0.39 is 11.4 Å². The van der Waals surface area contributed by atoms with E-state index in [1.165, 1.54) is 16.0 Å². The Bertz CT molecular complexity index is 1150. The lowest BCUT2D eigenvalue weighted by atomic mass is 9.98. The lowest BCUT2D eigenvalue weighted by Crippen LogP contribution is -2.49. The van der Waals surface area contributed by atoms with Crippen LogP contribution in [0, 0.1) is 0 Å². The highest BCUT2D eigenvalue weighted by molar-refractivity contribution is 5.99. The third-order valence-electron chi connectivity index (χ3n) is 7.13. The maximum absolute atomic E-state index is 12.6. The van der Waals surface area contributed by atoms with E-state index in [-0.39, 0.29) is 36.5 Å². The van der Waals surface area contributed by atoms with Crippen LogP contribution < -0.4 is 16.2 Å². The molecule has 8 nitrogen and oxygen atoms in total. The van der Waals surface area contributed by atoms with Crippen molar-refractivity contribution in [2.45, 2.75) is 90.5 Å². The number of primary amides is 1. The molecular formula is C29H40N4O4. The largest absolute Gasteiger partial charge is 0.487 e. The van der Waals surface area contributed by atoms with Crippen molar-refractivity contribution in [3.05, 3.63) is 64.7 Å². The number of rotatable bonds is 7. The van der Waals surface area contributed by atoms with Gasteiger partial charge in [0.15, 0.2) is 5.96 Å². The average molecular weight is 509 g/mol. The van der Waals surface area contributed by atoms with Gasteiger partial charge in [-0.25, -0.2) is 4.99 Å². The Morgan fingerprint density at radius 3 is 2.27 bits per heavy atom. The first kappa shape index (κ1) is 28.2. The van der Waals surface area contributed by atoms with E-state index in [0.29, 0.717) is 16.9 Å². The standard InChI is InChI=1S/C20H30N4O3.C9H10O/c1-6-20(5,7-2)27-15-9-8-13(17(21)26)10-14(15)12-24-16(25)11-19(3,4)23-18(24)22;10-9-5-7-3-1-2-4-8(7)6-9/h8-10H,6-7,11-12H2,1-5H3,(H2,21,26)(H2,22,23);1-4,9-10H,5-6H2. The number of ether oxygens (including phenoxy) is 1. The Balaban J connectivity index is 0.000000313. The van der Waals surface area contributed by atoms with Crippen molar-refractivity contribution in [3.8, 4) is 5.75 Å². The predicted molar refractivity (Wildman–Crippen MR) is 145 cm³/mol. The van der Waals surface area contributed by atoms with E-state index in [1.54, 1.807) is 18.2 Å². The molecule has 0 saturated carbocycles. The molecule has 0 aromatic heterocycles. The number of hydrogen-bond donors (Lipinski definition) is 3. The molecule has 2 aromatic rings. The molecule has 0 unspecified atom stereocenters. The first-order chi connectivity index (χ1) is 17.4. The normalized spacial score (nSPS) is 17.0. The number of aliphatic imine (C=N–C) groups is 1. The second-order valence-electron chi connectivity index (χ2n) is 10.7. The van der Waals surface area contributed by atoms with E-state index in [2.05, 4.69) is 31.0 Å². The number of benzene rings is 2. The highest BCUT2D eigenvalue weighted by Gasteiger charge is 2.33. The van der Waals surface area contributed by atoms with Crippen LogP contribution in [0.15, 0.2) is 47.5 Å². The van der Waals surface area contributed by atoms with Crippen molar-refractivity contribution in [1.29, 1.82) is 0 Å². The van der Waals surface area contributed by atoms with Gasteiger partial charge in [-0.05, 0) is 75.8 Å². The number of hydrogen-bond acceptors (Lipinski definition) is 6. The van der Waals surface area contributed by atoms with Crippen LogP contribution in [0.5, 0.6) is 5.75 Å². The summed E-state index contributed by atoms with van der Waals surface area (Å²) in [6.45, 7) is 10.0. The minimum Gasteiger partial charge on any atom is -0.487 e. The van der Waals surface area contributed by atoms with Crippen molar-refractivity contribution in [2.24, 2.45) is 16.5 Å². The summed E-state index contributed by atoms with van der Waals surface area (Å²) < 4.78 is 6.25. The number of carbonyl (C=O) groups excluding carboxylic acids is 2. The molecule has 37 heavy (non-hydrogen) atoms. The van der Waals surface area contributed by atoms with Crippen LogP contribution in [0.25, 0.3) is 0 Å². The zero-order valence-corrected chi connectivity index (χ0v) is 22.6. The van der Waals surface area contributed by atoms with Gasteiger partial charge in [-0.15, -0.1) is 0 Å². The number of aliphatic hydroxyl groups excluding tert-OH is 1. The van der Waals surface area contributed by atoms with E-state index >= 15 is 0 Å². The number of aliphatic hydroxyl groups is 1. The monoisotopic (exact) mass is 508 g/mol. The Morgan fingerprint density at radius 2 is 1.76 bits per heavy atom. The predicted octanol–water partition coefficient (Wildman–Crippen LogP) is 3.71. The van der Waals surface area contributed by atoms with Gasteiger partial charge in [0.05, 0.1) is 24.6 Å². The molecule has 4 rings (SSSR count). The van der Waals surface area contributed by atoms with Crippen LogP contribution in [0.3, 0.4) is 0 Å². The molecule has 5 N–H and O–H groups in total. The molecule has 2 amide bonds. The van der Waals surface area contributed by atoms with E-state index in [1.807, 2.05) is 32.9 Å². The Hall–Kier alpha value is -3.39. The Kier molecular flexibility index (Phi) is 8.64. The highest BCUT2D eigenvalue weighted by atomic mass is 16.5. The maximum atomic E-state index is 12.6. The van der Waals surface area contributed by atoms with Crippen LogP contribution in [0.1, 0.15) is 80.9 Å². The zero-order valence-electron chi connectivity index (χ0n) is 22.6. The number of nitrogens with zero attached hydrogens (tertiary/aromatic N) is 2. The molecule has 0 fully saturated rings. The van der Waals surface area contributed by atoms with Crippen molar-refractivity contribution in [3.63, 3.8) is 0 Å². The molecule has 0 radical (unpaired) electrons. The fourth-order valence-corrected chi connectivity index (χ4v) is 4.49. The van der Waals surface area contributed by atoms with Crippen LogP contribution in [0.2, 0.25) is 0 Å². The van der Waals surface area contributed by atoms with Crippen molar-refractivity contribution in [2.75, 3.05) is 0 Å². The van der Waals surface area contributed by atoms with Crippen molar-refractivity contribution < 1.29 is 19.4 Å². The van der Waals surface area contributed by atoms with Crippen molar-refractivity contribution in [1.82, 2.24) is 4.90 Å². The van der Waals surface area contributed by atoms with Crippen LogP contribution in [-0.4, -0.2) is 45.0 Å². The molecule has 1 heterocycles. The van der Waals surface area contributed by atoms with Gasteiger partial charge in [0.1, 0.15) is 11.4 Å². The SMILES string of the molecule is CCC(C)(CC)Oc1ccc(C(N)=O)cc1CN1C(=O)CC(C)(C)N=C1N.OC1Cc2ccccc2C1. The smallest absolute Gasteiger partial charge is 0.248 e. The van der Waals surface area contributed by atoms with E-state index in [0.717, 1.165) is 25.7 Å². The van der Waals surface area contributed by atoms with Crippen LogP contribution in [0.4, 0.5) is 0 Å². The maximum Gasteiger partial charge on any atom is 0.248 e. The summed E-state index contributed by atoms with van der Waals surface area (Å²) >= 11 is 0. The number of fused-ring (bicyclic) bond motifs is 1. The number of carbonyl (C=O) groups is 2. The highest BCUT2D eigenvalue weighted by Crippen LogP contribution is 2.31. The fraction of sp³-hybridized carbons (Fsp3) is 0.483. The van der Waals surface area contributed by atoms with Crippen LogP contribution in [-0.2, 0) is 24.2 Å². The minimum atomic E-state index is -0.538. The molecule has 1 aliphatic carbocycles. The molecule has 8 heteroatoms. The van der Waals surface area contributed by atoms with E-state index in [4.69, 9.17) is 16.2 Å². The van der Waals surface area contributed by atoms with Gasteiger partial charge in [-0.1, -0.05) is 38.1 Å². The second-order valence-corrected chi connectivity index (χ2v) is 10.7. The molecule has 0 atom stereocenters. The Morgan fingerprint density at radius 1 is 1.16 bits per heavy atom. The minimum absolute atomic E-state index is 0.114.